The van der Waals surface area contributed by atoms with Crippen LogP contribution in [-0.4, -0.2) is 62.1 Å². The number of hydrogen-bond donors (Lipinski definition) is 1. The molecule has 1 aromatic heterocycles. The minimum absolute atomic E-state index is 0.0325. The molecule has 0 radical (unpaired) electrons. The first kappa shape index (κ1) is 19.2. The molecule has 1 aromatic rings. The van der Waals surface area contributed by atoms with E-state index in [0.717, 1.165) is 31.7 Å². The maximum Gasteiger partial charge on any atom is 0.253 e. The van der Waals surface area contributed by atoms with E-state index in [-0.39, 0.29) is 18.5 Å². The molecule has 0 spiro atoms. The summed E-state index contributed by atoms with van der Waals surface area (Å²) < 4.78 is 25.2. The van der Waals surface area contributed by atoms with Crippen molar-refractivity contribution in [2.45, 2.75) is 25.8 Å². The van der Waals surface area contributed by atoms with E-state index in [1.54, 1.807) is 16.4 Å². The molecule has 7 nitrogen and oxygen atoms in total. The first-order valence-corrected chi connectivity index (χ1v) is 10.1. The zero-order valence-electron chi connectivity index (χ0n) is 14.6. The maximum atomic E-state index is 11.8. The number of sulfonamides is 1. The number of terminal acetylenes is 1. The molecule has 8 heteroatoms. The van der Waals surface area contributed by atoms with Gasteiger partial charge in [-0.1, -0.05) is 12.8 Å². The number of piperidine rings is 1. The van der Waals surface area contributed by atoms with Gasteiger partial charge in [-0.3, -0.25) is 4.79 Å². The van der Waals surface area contributed by atoms with Crippen LogP contribution in [0.3, 0.4) is 0 Å². The zero-order valence-corrected chi connectivity index (χ0v) is 15.4. The van der Waals surface area contributed by atoms with E-state index in [0.29, 0.717) is 12.1 Å². The number of rotatable bonds is 6. The number of nitrogens with one attached hydrogen (secondary N) is 1. The van der Waals surface area contributed by atoms with Gasteiger partial charge in [-0.2, -0.15) is 4.31 Å². The molecule has 0 bridgehead atoms. The predicted octanol–water partition coefficient (Wildman–Crippen LogP) is 0.695. The number of carbonyl (C=O) groups is 1. The lowest BCUT2D eigenvalue weighted by atomic mass is 10.0. The van der Waals surface area contributed by atoms with Gasteiger partial charge in [-0.05, 0) is 25.0 Å². The first-order valence-electron chi connectivity index (χ1n) is 8.26. The molecule has 1 fully saturated rings. The molecular formula is C17H24N4O3S. The van der Waals surface area contributed by atoms with Gasteiger partial charge in [0.1, 0.15) is 5.82 Å². The third kappa shape index (κ3) is 4.94. The molecule has 1 saturated heterocycles. The topological polar surface area (TPSA) is 82.6 Å². The van der Waals surface area contributed by atoms with Crippen molar-refractivity contribution in [3.8, 4) is 12.3 Å². The van der Waals surface area contributed by atoms with E-state index < -0.39 is 10.0 Å². The average molecular weight is 364 g/mol. The van der Waals surface area contributed by atoms with Crippen LogP contribution in [0.1, 0.15) is 30.1 Å². The number of nitrogens with zero attached hydrogens (tertiary/aromatic N) is 3. The van der Waals surface area contributed by atoms with Gasteiger partial charge < -0.3 is 10.2 Å². The molecule has 1 aliphatic heterocycles. The lowest BCUT2D eigenvalue weighted by Crippen LogP contribution is -2.47. The fraction of sp³-hybridized carbons (Fsp3) is 0.529. The van der Waals surface area contributed by atoms with Crippen molar-refractivity contribution in [2.24, 2.45) is 0 Å². The number of hydrogen-bond acceptors (Lipinski definition) is 5. The Morgan fingerprint density at radius 2 is 2.12 bits per heavy atom. The molecule has 0 unspecified atom stereocenters. The van der Waals surface area contributed by atoms with E-state index in [1.165, 1.54) is 12.5 Å². The van der Waals surface area contributed by atoms with Gasteiger partial charge >= 0.3 is 0 Å². The summed E-state index contributed by atoms with van der Waals surface area (Å²) in [6.07, 6.45) is 9.42. The van der Waals surface area contributed by atoms with Crippen molar-refractivity contribution < 1.29 is 13.2 Å². The lowest BCUT2D eigenvalue weighted by molar-refractivity contribution is 0.0958. The number of pyridine rings is 1. The molecule has 1 N–H and O–H groups in total. The van der Waals surface area contributed by atoms with Crippen LogP contribution < -0.4 is 10.2 Å². The predicted molar refractivity (Wildman–Crippen MR) is 97.9 cm³/mol. The maximum absolute atomic E-state index is 11.8. The number of amides is 1. The van der Waals surface area contributed by atoms with Crippen molar-refractivity contribution in [1.82, 2.24) is 14.6 Å². The quantitative estimate of drug-likeness (QED) is 0.751. The summed E-state index contributed by atoms with van der Waals surface area (Å²) in [5.41, 5.74) is 0.461. The van der Waals surface area contributed by atoms with E-state index in [2.05, 4.69) is 21.1 Å². The lowest BCUT2D eigenvalue weighted by Gasteiger charge is -2.37. The second-order valence-corrected chi connectivity index (χ2v) is 7.91. The van der Waals surface area contributed by atoms with Crippen LogP contribution in [0.15, 0.2) is 18.3 Å². The largest absolute Gasteiger partial charge is 0.357 e. The van der Waals surface area contributed by atoms with Crippen LogP contribution in [0.4, 0.5) is 5.82 Å². The summed E-state index contributed by atoms with van der Waals surface area (Å²) in [4.78, 5) is 18.3. The summed E-state index contributed by atoms with van der Waals surface area (Å²) in [5.74, 6) is 2.89. The second-order valence-electron chi connectivity index (χ2n) is 5.98. The smallest absolute Gasteiger partial charge is 0.253 e. The summed E-state index contributed by atoms with van der Waals surface area (Å²) in [6.45, 7) is 3.99. The summed E-state index contributed by atoms with van der Waals surface area (Å²) in [6, 6.07) is 3.55. The number of aromatic nitrogens is 1. The van der Waals surface area contributed by atoms with Crippen LogP contribution in [-0.2, 0) is 10.0 Å². The van der Waals surface area contributed by atoms with E-state index in [1.807, 2.05) is 6.92 Å². The highest BCUT2D eigenvalue weighted by Gasteiger charge is 2.29. The van der Waals surface area contributed by atoms with Gasteiger partial charge in [0.2, 0.25) is 10.0 Å². The van der Waals surface area contributed by atoms with Crippen LogP contribution in [0.2, 0.25) is 0 Å². The van der Waals surface area contributed by atoms with Crippen LogP contribution in [0.25, 0.3) is 0 Å². The molecule has 1 aliphatic rings. The molecule has 0 atom stereocenters. The van der Waals surface area contributed by atoms with Gasteiger partial charge in [0.25, 0.3) is 5.91 Å². The fourth-order valence-corrected chi connectivity index (χ4v) is 4.31. The van der Waals surface area contributed by atoms with Crippen molar-refractivity contribution in [3.05, 3.63) is 23.9 Å². The van der Waals surface area contributed by atoms with Crippen LogP contribution in [0.5, 0.6) is 0 Å². The third-order valence-corrected chi connectivity index (χ3v) is 5.70. The Labute approximate surface area is 149 Å². The molecule has 0 saturated carbocycles. The highest BCUT2D eigenvalue weighted by atomic mass is 32.2. The van der Waals surface area contributed by atoms with E-state index >= 15 is 0 Å². The number of anilines is 1. The van der Waals surface area contributed by atoms with Crippen LogP contribution >= 0.6 is 0 Å². The third-order valence-electron chi connectivity index (χ3n) is 4.29. The zero-order chi connectivity index (χ0) is 18.4. The van der Waals surface area contributed by atoms with Crippen molar-refractivity contribution in [2.75, 3.05) is 37.3 Å². The Morgan fingerprint density at radius 1 is 1.44 bits per heavy atom. The fourth-order valence-electron chi connectivity index (χ4n) is 3.09. The molecule has 2 heterocycles. The van der Waals surface area contributed by atoms with E-state index in [4.69, 9.17) is 6.42 Å². The molecule has 1 amide bonds. The van der Waals surface area contributed by atoms with Gasteiger partial charge in [-0.15, -0.1) is 6.42 Å². The van der Waals surface area contributed by atoms with Gasteiger partial charge in [-0.25, -0.2) is 13.4 Å². The Kier molecular flexibility index (Phi) is 6.39. The van der Waals surface area contributed by atoms with Crippen molar-refractivity contribution in [3.63, 3.8) is 0 Å². The second kappa shape index (κ2) is 8.32. The Bertz CT molecular complexity index is 732. The molecular weight excluding hydrogens is 340 g/mol. The van der Waals surface area contributed by atoms with Gasteiger partial charge in [0.15, 0.2) is 0 Å². The SMILES string of the molecule is C#CCNC(=O)c1ccc(N2CCC(N(CC)S(C)(=O)=O)CC2)nc1. The molecule has 0 aliphatic carbocycles. The van der Waals surface area contributed by atoms with Gasteiger partial charge in [0.05, 0.1) is 18.4 Å². The van der Waals surface area contributed by atoms with Crippen molar-refractivity contribution in [1.29, 1.82) is 0 Å². The molecule has 2 rings (SSSR count). The first-order chi connectivity index (χ1) is 11.9. The van der Waals surface area contributed by atoms with Crippen LogP contribution in [0, 0.1) is 12.3 Å². The van der Waals surface area contributed by atoms with Gasteiger partial charge in [0, 0.05) is 31.9 Å². The minimum Gasteiger partial charge on any atom is -0.357 e. The summed E-state index contributed by atoms with van der Waals surface area (Å²) in [7, 11) is -3.18. The monoisotopic (exact) mass is 364 g/mol. The molecule has 0 aromatic carbocycles. The highest BCUT2D eigenvalue weighted by Crippen LogP contribution is 2.22. The summed E-state index contributed by atoms with van der Waals surface area (Å²) >= 11 is 0. The molecule has 25 heavy (non-hydrogen) atoms. The summed E-state index contributed by atoms with van der Waals surface area (Å²) in [5, 5.41) is 2.60. The van der Waals surface area contributed by atoms with E-state index in [9.17, 15) is 13.2 Å². The average Bonchev–Trinajstić information content (AvgIpc) is 2.60. The Balaban J connectivity index is 1.97. The Morgan fingerprint density at radius 3 is 2.60 bits per heavy atom. The van der Waals surface area contributed by atoms with Crippen molar-refractivity contribution >= 4 is 21.7 Å². The minimum atomic E-state index is -3.18. The number of carbonyl (C=O) groups excluding carboxylic acids is 1. The highest BCUT2D eigenvalue weighted by molar-refractivity contribution is 7.88. The standard InChI is InChI=1S/C17H24N4O3S/c1-4-10-18-17(22)14-6-7-16(19-13-14)20-11-8-15(9-12-20)21(5-2)25(3,23)24/h1,6-7,13,15H,5,8-12H2,2-3H3,(H,18,22). The molecule has 136 valence electrons. The Hall–Kier alpha value is -2.11. The normalized spacial score (nSPS) is 15.8.